The number of hydrogen-bond donors (Lipinski definition) is 0. The fourth-order valence-corrected chi connectivity index (χ4v) is 4.04. The molecule has 23 heavy (non-hydrogen) atoms. The predicted molar refractivity (Wildman–Crippen MR) is 87.4 cm³/mol. The Labute approximate surface area is 139 Å². The first-order valence-corrected chi connectivity index (χ1v) is 9.24. The molecule has 6 nitrogen and oxygen atoms in total. The molecule has 9 heteroatoms. The van der Waals surface area contributed by atoms with Gasteiger partial charge in [0.1, 0.15) is 22.6 Å². The van der Waals surface area contributed by atoms with E-state index in [9.17, 15) is 8.60 Å². The lowest BCUT2D eigenvalue weighted by Gasteiger charge is -2.34. The van der Waals surface area contributed by atoms with Crippen molar-refractivity contribution in [1.29, 1.82) is 0 Å². The van der Waals surface area contributed by atoms with Gasteiger partial charge in [0.25, 0.3) is 0 Å². The van der Waals surface area contributed by atoms with Crippen LogP contribution in [0.25, 0.3) is 0 Å². The minimum Gasteiger partial charge on any atom is -0.391 e. The second-order valence-electron chi connectivity index (χ2n) is 5.79. The van der Waals surface area contributed by atoms with Crippen LogP contribution in [0.15, 0.2) is 37.4 Å². The summed E-state index contributed by atoms with van der Waals surface area (Å²) >= 11 is 6.23. The molecule has 122 valence electrons. The van der Waals surface area contributed by atoms with Crippen LogP contribution in [-0.2, 0) is 15.6 Å². The Morgan fingerprint density at radius 1 is 1.48 bits per heavy atom. The van der Waals surface area contributed by atoms with Gasteiger partial charge in [-0.2, -0.15) is 0 Å². The molecule has 0 amide bonds. The van der Waals surface area contributed by atoms with Crippen LogP contribution in [0.1, 0.15) is 19.8 Å². The highest BCUT2D eigenvalue weighted by Crippen LogP contribution is 2.43. The van der Waals surface area contributed by atoms with Crippen molar-refractivity contribution in [3.05, 3.63) is 22.1 Å². The van der Waals surface area contributed by atoms with Crippen LogP contribution in [0.3, 0.4) is 0 Å². The Hall–Kier alpha value is -1.54. The van der Waals surface area contributed by atoms with Crippen molar-refractivity contribution in [2.45, 2.75) is 25.9 Å². The second kappa shape index (κ2) is 5.24. The molecular weight excluding hydrogens is 343 g/mol. The van der Waals surface area contributed by atoms with Crippen molar-refractivity contribution in [3.63, 3.8) is 0 Å². The Kier molecular flexibility index (Phi) is 3.42. The zero-order valence-corrected chi connectivity index (χ0v) is 14.1. The summed E-state index contributed by atoms with van der Waals surface area (Å²) in [5.41, 5.74) is 2.11. The van der Waals surface area contributed by atoms with Crippen LogP contribution in [0, 0.1) is 5.92 Å². The average Bonchev–Trinajstić information content (AvgIpc) is 2.89. The van der Waals surface area contributed by atoms with Gasteiger partial charge in [-0.3, -0.25) is 9.22 Å². The molecule has 0 saturated heterocycles. The lowest BCUT2D eigenvalue weighted by Crippen LogP contribution is -2.36. The molecule has 0 spiro atoms. The van der Waals surface area contributed by atoms with Gasteiger partial charge in [-0.05, 0) is 25.3 Å². The molecule has 0 radical (unpaired) electrons. The van der Waals surface area contributed by atoms with Gasteiger partial charge in [-0.25, -0.2) is 9.38 Å². The number of halogens is 2. The van der Waals surface area contributed by atoms with E-state index in [1.807, 2.05) is 6.92 Å². The summed E-state index contributed by atoms with van der Waals surface area (Å²) in [4.78, 5) is 9.51. The SMILES string of the molecule is CC1ON=C2C(Cl)=C(F)C3=NC(S(C)=O)=NN4CCCC(=C34)[C@@H]21. The molecular formula is C14H14ClFN4O2S. The average molecular weight is 357 g/mol. The van der Waals surface area contributed by atoms with Crippen molar-refractivity contribution in [3.8, 4) is 0 Å². The maximum atomic E-state index is 14.9. The van der Waals surface area contributed by atoms with Crippen LogP contribution in [0.5, 0.6) is 0 Å². The van der Waals surface area contributed by atoms with Crippen molar-refractivity contribution in [1.82, 2.24) is 5.01 Å². The normalized spacial score (nSPS) is 30.8. The number of hydrogen-bond acceptors (Lipinski definition) is 6. The minimum absolute atomic E-state index is 0.0874. The lowest BCUT2D eigenvalue weighted by atomic mass is 9.84. The molecule has 4 rings (SSSR count). The van der Waals surface area contributed by atoms with Gasteiger partial charge >= 0.3 is 0 Å². The summed E-state index contributed by atoms with van der Waals surface area (Å²) in [5, 5.41) is 9.99. The Morgan fingerprint density at radius 3 is 3.00 bits per heavy atom. The first kappa shape index (κ1) is 15.0. The molecule has 0 bridgehead atoms. The zero-order chi connectivity index (χ0) is 16.3. The molecule has 0 saturated carbocycles. The first-order chi connectivity index (χ1) is 11.0. The number of allylic oxidation sites excluding steroid dienone is 2. The van der Waals surface area contributed by atoms with Crippen LogP contribution in [0.4, 0.5) is 4.39 Å². The summed E-state index contributed by atoms with van der Waals surface area (Å²) in [7, 11) is -1.41. The number of oxime groups is 1. The molecule has 2 unspecified atom stereocenters. The molecule has 0 aromatic carbocycles. The number of nitrogens with zero attached hydrogens (tertiary/aromatic N) is 4. The van der Waals surface area contributed by atoms with Crippen LogP contribution in [-0.4, -0.2) is 44.7 Å². The zero-order valence-electron chi connectivity index (χ0n) is 12.5. The summed E-state index contributed by atoms with van der Waals surface area (Å²) < 4.78 is 26.7. The highest BCUT2D eigenvalue weighted by molar-refractivity contribution is 8.00. The number of aliphatic imine (C=N–C) groups is 1. The topological polar surface area (TPSA) is 66.6 Å². The largest absolute Gasteiger partial charge is 0.391 e. The molecule has 3 heterocycles. The summed E-state index contributed by atoms with van der Waals surface area (Å²) in [6.45, 7) is 2.51. The molecule has 3 atom stereocenters. The summed E-state index contributed by atoms with van der Waals surface area (Å²) in [6.07, 6.45) is 2.88. The van der Waals surface area contributed by atoms with Gasteiger partial charge < -0.3 is 4.84 Å². The monoisotopic (exact) mass is 356 g/mol. The second-order valence-corrected chi connectivity index (χ2v) is 7.44. The van der Waals surface area contributed by atoms with E-state index in [0.717, 1.165) is 18.4 Å². The quantitative estimate of drug-likeness (QED) is 0.668. The maximum Gasteiger partial charge on any atom is 0.237 e. The Bertz CT molecular complexity index is 786. The van der Waals surface area contributed by atoms with Crippen LogP contribution < -0.4 is 0 Å². The molecule has 4 aliphatic rings. The molecule has 1 aliphatic carbocycles. The van der Waals surface area contributed by atoms with Gasteiger partial charge in [0.15, 0.2) is 5.83 Å². The van der Waals surface area contributed by atoms with Crippen molar-refractivity contribution < 1.29 is 13.4 Å². The number of amidine groups is 1. The van der Waals surface area contributed by atoms with Crippen LogP contribution >= 0.6 is 11.6 Å². The lowest BCUT2D eigenvalue weighted by molar-refractivity contribution is 0.0812. The fourth-order valence-electron chi connectivity index (χ4n) is 3.36. The van der Waals surface area contributed by atoms with E-state index in [-0.39, 0.29) is 27.9 Å². The third-order valence-corrected chi connectivity index (χ3v) is 5.40. The maximum absolute atomic E-state index is 14.9. The third-order valence-electron chi connectivity index (χ3n) is 4.36. The van der Waals surface area contributed by atoms with E-state index in [1.54, 1.807) is 5.01 Å². The van der Waals surface area contributed by atoms with Crippen LogP contribution in [0.2, 0.25) is 0 Å². The third kappa shape index (κ3) is 2.11. The predicted octanol–water partition coefficient (Wildman–Crippen LogP) is 2.26. The van der Waals surface area contributed by atoms with Crippen molar-refractivity contribution in [2.24, 2.45) is 21.2 Å². The highest BCUT2D eigenvalue weighted by Gasteiger charge is 2.45. The number of rotatable bonds is 0. The Balaban J connectivity index is 2.00. The van der Waals surface area contributed by atoms with E-state index in [2.05, 4.69) is 15.2 Å². The van der Waals surface area contributed by atoms with E-state index in [0.29, 0.717) is 18.0 Å². The highest BCUT2D eigenvalue weighted by atomic mass is 35.5. The van der Waals surface area contributed by atoms with Crippen molar-refractivity contribution in [2.75, 3.05) is 12.8 Å². The van der Waals surface area contributed by atoms with E-state index >= 15 is 0 Å². The summed E-state index contributed by atoms with van der Waals surface area (Å²) in [5.74, 6) is -0.870. The number of fused-ring (bicyclic) bond motifs is 2. The smallest absolute Gasteiger partial charge is 0.237 e. The van der Waals surface area contributed by atoms with Gasteiger partial charge in [-0.15, -0.1) is 5.10 Å². The van der Waals surface area contributed by atoms with E-state index in [4.69, 9.17) is 16.4 Å². The standard InChI is InChI=1S/C14H14ClFN4O2S/c1-6-8-7-4-3-5-20-13(7)12(17-14(18-20)23(2)21)10(16)9(15)11(8)19-22-6/h6,8H,3-5H2,1-2H3/t6?,8-,23?/m0/s1. The Morgan fingerprint density at radius 2 is 2.26 bits per heavy atom. The molecule has 0 N–H and O–H groups in total. The first-order valence-electron chi connectivity index (χ1n) is 7.30. The van der Waals surface area contributed by atoms with Gasteiger partial charge in [0.05, 0.1) is 22.4 Å². The molecule has 0 aromatic rings. The summed E-state index contributed by atoms with van der Waals surface area (Å²) in [6, 6.07) is 0. The minimum atomic E-state index is -1.41. The molecule has 3 aliphatic heterocycles. The van der Waals surface area contributed by atoms with Gasteiger partial charge in [0.2, 0.25) is 5.17 Å². The fraction of sp³-hybridized carbons (Fsp3) is 0.500. The van der Waals surface area contributed by atoms with E-state index < -0.39 is 16.6 Å². The molecule has 0 fully saturated rings. The number of hydrazone groups is 1. The molecule has 0 aromatic heterocycles. The van der Waals surface area contributed by atoms with Gasteiger partial charge in [0, 0.05) is 12.8 Å². The van der Waals surface area contributed by atoms with E-state index in [1.165, 1.54) is 6.26 Å². The van der Waals surface area contributed by atoms with Crippen molar-refractivity contribution >= 4 is 39.0 Å². The van der Waals surface area contributed by atoms with Gasteiger partial charge in [-0.1, -0.05) is 16.8 Å².